The number of rotatable bonds is 3. The molecule has 1 N–H and O–H groups in total. The highest BCUT2D eigenvalue weighted by molar-refractivity contribution is 5.66. The van der Waals surface area contributed by atoms with E-state index in [1.165, 1.54) is 0 Å². The number of hydrogen-bond donors (Lipinski definition) is 1. The molecule has 6 heteroatoms. The van der Waals surface area contributed by atoms with Gasteiger partial charge >= 0.3 is 5.97 Å². The van der Waals surface area contributed by atoms with Crippen LogP contribution < -0.4 is 0 Å². The molecule has 1 spiro atoms. The van der Waals surface area contributed by atoms with Gasteiger partial charge in [0, 0.05) is 19.3 Å². The van der Waals surface area contributed by atoms with Crippen molar-refractivity contribution in [1.82, 2.24) is 0 Å². The lowest BCUT2D eigenvalue weighted by Gasteiger charge is -2.42. The molecule has 0 aromatic carbocycles. The van der Waals surface area contributed by atoms with Gasteiger partial charge in [-0.1, -0.05) is 6.42 Å². The van der Waals surface area contributed by atoms with Crippen LogP contribution >= 0.6 is 0 Å². The van der Waals surface area contributed by atoms with E-state index < -0.39 is 17.5 Å². The normalized spacial score (nSPS) is 26.9. The van der Waals surface area contributed by atoms with Crippen molar-refractivity contribution in [2.24, 2.45) is 0 Å². The zero-order chi connectivity index (χ0) is 12.4. The number of carboxylic acid groups (broad SMARTS) is 1. The average Bonchev–Trinajstić information content (AvgIpc) is 2.33. The highest BCUT2D eigenvalue weighted by Gasteiger charge is 2.47. The summed E-state index contributed by atoms with van der Waals surface area (Å²) in [6.45, 7) is 1.60. The first-order valence-corrected chi connectivity index (χ1v) is 5.99. The molecule has 1 saturated carbocycles. The van der Waals surface area contributed by atoms with Gasteiger partial charge in [-0.05, 0) is 19.8 Å². The molecule has 0 atom stereocenters. The topological polar surface area (TPSA) is 74.2 Å². The van der Waals surface area contributed by atoms with Crippen LogP contribution in [0.4, 0.5) is 0 Å². The van der Waals surface area contributed by atoms with Gasteiger partial charge in [0.1, 0.15) is 0 Å². The van der Waals surface area contributed by atoms with Crippen molar-refractivity contribution in [1.29, 1.82) is 0 Å². The molecular formula is C11H18O6. The van der Waals surface area contributed by atoms with Gasteiger partial charge in [-0.3, -0.25) is 4.79 Å². The van der Waals surface area contributed by atoms with E-state index in [-0.39, 0.29) is 12.8 Å². The van der Waals surface area contributed by atoms with Crippen molar-refractivity contribution in [3.05, 3.63) is 0 Å². The van der Waals surface area contributed by atoms with Crippen LogP contribution in [-0.2, 0) is 24.3 Å². The molecular weight excluding hydrogens is 228 g/mol. The zero-order valence-electron chi connectivity index (χ0n) is 9.94. The van der Waals surface area contributed by atoms with Gasteiger partial charge in [0.05, 0.1) is 6.42 Å². The van der Waals surface area contributed by atoms with Gasteiger partial charge in [0.25, 0.3) is 0 Å². The standard InChI is InChI=1S/C11H18O6/c1-10(8-5-9(12)13)14-16-11(17-15-10)6-3-2-4-7-11/h2-8H2,1H3,(H,12,13). The third-order valence-corrected chi connectivity index (χ3v) is 3.15. The minimum absolute atomic E-state index is 0.0593. The van der Waals surface area contributed by atoms with E-state index in [1.807, 2.05) is 0 Å². The van der Waals surface area contributed by atoms with Crippen molar-refractivity contribution < 1.29 is 29.5 Å². The second-order valence-electron chi connectivity index (χ2n) is 4.83. The molecule has 0 radical (unpaired) electrons. The maximum absolute atomic E-state index is 10.5. The van der Waals surface area contributed by atoms with Gasteiger partial charge in [-0.25, -0.2) is 0 Å². The van der Waals surface area contributed by atoms with Gasteiger partial charge in [-0.2, -0.15) is 19.6 Å². The molecule has 98 valence electrons. The van der Waals surface area contributed by atoms with Crippen LogP contribution in [0.1, 0.15) is 51.9 Å². The van der Waals surface area contributed by atoms with E-state index in [1.54, 1.807) is 6.92 Å². The van der Waals surface area contributed by atoms with Gasteiger partial charge in [0.15, 0.2) is 0 Å². The van der Waals surface area contributed by atoms with E-state index >= 15 is 0 Å². The third-order valence-electron chi connectivity index (χ3n) is 3.15. The fourth-order valence-corrected chi connectivity index (χ4v) is 2.03. The first-order chi connectivity index (χ1) is 8.04. The fourth-order valence-electron chi connectivity index (χ4n) is 2.03. The van der Waals surface area contributed by atoms with Crippen LogP contribution in [0.3, 0.4) is 0 Å². The lowest BCUT2D eigenvalue weighted by atomic mass is 9.94. The summed E-state index contributed by atoms with van der Waals surface area (Å²) < 4.78 is 0. The predicted molar refractivity (Wildman–Crippen MR) is 55.4 cm³/mol. The van der Waals surface area contributed by atoms with Crippen molar-refractivity contribution >= 4 is 5.97 Å². The van der Waals surface area contributed by atoms with Gasteiger partial charge in [0.2, 0.25) is 11.6 Å². The van der Waals surface area contributed by atoms with Crippen LogP contribution in [0, 0.1) is 0 Å². The Labute approximate surface area is 99.6 Å². The van der Waals surface area contributed by atoms with Crippen LogP contribution in [0.25, 0.3) is 0 Å². The summed E-state index contributed by atoms with van der Waals surface area (Å²) in [6.07, 6.45) is 4.78. The largest absolute Gasteiger partial charge is 0.481 e. The van der Waals surface area contributed by atoms with E-state index in [2.05, 4.69) is 0 Å². The minimum atomic E-state index is -1.14. The van der Waals surface area contributed by atoms with Gasteiger partial charge < -0.3 is 5.11 Å². The van der Waals surface area contributed by atoms with E-state index in [9.17, 15) is 4.79 Å². The summed E-state index contributed by atoms with van der Waals surface area (Å²) >= 11 is 0. The van der Waals surface area contributed by atoms with Crippen LogP contribution in [0.5, 0.6) is 0 Å². The molecule has 1 aliphatic carbocycles. The average molecular weight is 246 g/mol. The number of carbonyl (C=O) groups is 1. The summed E-state index contributed by atoms with van der Waals surface area (Å²) in [5.74, 6) is -2.83. The monoisotopic (exact) mass is 246 g/mol. The molecule has 2 rings (SSSR count). The van der Waals surface area contributed by atoms with Crippen molar-refractivity contribution in [2.75, 3.05) is 0 Å². The minimum Gasteiger partial charge on any atom is -0.481 e. The third kappa shape index (κ3) is 3.16. The van der Waals surface area contributed by atoms with E-state index in [0.717, 1.165) is 32.1 Å². The molecule has 0 aromatic rings. The smallest absolute Gasteiger partial charge is 0.303 e. The van der Waals surface area contributed by atoms with Crippen LogP contribution in [-0.4, -0.2) is 22.7 Å². The quantitative estimate of drug-likeness (QED) is 0.769. The Morgan fingerprint density at radius 3 is 2.24 bits per heavy atom. The molecule has 2 aliphatic rings. The summed E-state index contributed by atoms with van der Waals surface area (Å²) in [5, 5.41) is 8.61. The molecule has 0 bridgehead atoms. The van der Waals surface area contributed by atoms with Crippen LogP contribution in [0.15, 0.2) is 0 Å². The first kappa shape index (κ1) is 12.8. The maximum atomic E-state index is 10.5. The Bertz CT molecular complexity index is 274. The Kier molecular flexibility index (Phi) is 3.67. The molecule has 0 aromatic heterocycles. The summed E-state index contributed by atoms with van der Waals surface area (Å²) in [5.41, 5.74) is 0. The first-order valence-electron chi connectivity index (χ1n) is 5.99. The Morgan fingerprint density at radius 1 is 1.12 bits per heavy atom. The molecule has 1 aliphatic heterocycles. The second kappa shape index (κ2) is 4.89. The number of carboxylic acids is 1. The van der Waals surface area contributed by atoms with Crippen molar-refractivity contribution in [3.63, 3.8) is 0 Å². The summed E-state index contributed by atoms with van der Waals surface area (Å²) in [7, 11) is 0. The molecule has 0 amide bonds. The highest BCUT2D eigenvalue weighted by atomic mass is 17.4. The maximum Gasteiger partial charge on any atom is 0.303 e. The van der Waals surface area contributed by atoms with E-state index in [4.69, 9.17) is 24.7 Å². The summed E-state index contributed by atoms with van der Waals surface area (Å²) in [6, 6.07) is 0. The molecule has 2 fully saturated rings. The second-order valence-corrected chi connectivity index (χ2v) is 4.83. The molecule has 1 heterocycles. The highest BCUT2D eigenvalue weighted by Crippen LogP contribution is 2.40. The number of hydrogen-bond acceptors (Lipinski definition) is 5. The molecule has 0 unspecified atom stereocenters. The Morgan fingerprint density at radius 2 is 1.71 bits per heavy atom. The van der Waals surface area contributed by atoms with Gasteiger partial charge in [-0.15, -0.1) is 0 Å². The van der Waals surface area contributed by atoms with Crippen LogP contribution in [0.2, 0.25) is 0 Å². The lowest BCUT2D eigenvalue weighted by molar-refractivity contribution is -0.657. The summed E-state index contributed by atoms with van der Waals surface area (Å²) in [4.78, 5) is 31.5. The lowest BCUT2D eigenvalue weighted by Crippen LogP contribution is -2.50. The fraction of sp³-hybridized carbons (Fsp3) is 0.909. The zero-order valence-corrected chi connectivity index (χ0v) is 9.94. The molecule has 17 heavy (non-hydrogen) atoms. The molecule has 6 nitrogen and oxygen atoms in total. The van der Waals surface area contributed by atoms with Crippen molar-refractivity contribution in [3.8, 4) is 0 Å². The van der Waals surface area contributed by atoms with Crippen molar-refractivity contribution in [2.45, 2.75) is 63.4 Å². The Balaban J connectivity index is 1.85. The number of aliphatic carboxylic acids is 1. The van der Waals surface area contributed by atoms with E-state index in [0.29, 0.717) is 0 Å². The predicted octanol–water partition coefficient (Wildman–Crippen LogP) is 2.14. The SMILES string of the molecule is CC1(CCC(=O)O)OOC2(CCCCC2)OO1. The molecule has 1 saturated heterocycles. The Hall–Kier alpha value is -0.690.